The Labute approximate surface area is 166 Å². The normalized spacial score (nSPS) is 10.6. The number of benzene rings is 2. The first kappa shape index (κ1) is 19.7. The van der Waals surface area contributed by atoms with Gasteiger partial charge in [0.05, 0.1) is 12.3 Å². The largest absolute Gasteiger partial charge is 0.493 e. The molecular weight excluding hydrogens is 350 g/mol. The maximum Gasteiger partial charge on any atom is 0.220 e. The van der Waals surface area contributed by atoms with Crippen LogP contribution in [0.2, 0.25) is 0 Å². The number of amides is 1. The number of carbonyl (C=O) groups is 1. The van der Waals surface area contributed by atoms with E-state index in [-0.39, 0.29) is 5.91 Å². The van der Waals surface area contributed by atoms with Crippen molar-refractivity contribution in [3.63, 3.8) is 0 Å². The lowest BCUT2D eigenvalue weighted by Crippen LogP contribution is -2.22. The monoisotopic (exact) mass is 377 g/mol. The molecule has 0 spiro atoms. The van der Waals surface area contributed by atoms with Crippen molar-refractivity contribution >= 4 is 5.91 Å². The summed E-state index contributed by atoms with van der Waals surface area (Å²) < 4.78 is 7.64. The molecular formula is C23H27N3O2. The van der Waals surface area contributed by atoms with Gasteiger partial charge in [0.1, 0.15) is 5.75 Å². The number of nitrogens with zero attached hydrogens (tertiary/aromatic N) is 2. The molecule has 0 aliphatic rings. The fraction of sp³-hybridized carbons (Fsp3) is 0.304. The summed E-state index contributed by atoms with van der Waals surface area (Å²) in [5.41, 5.74) is 4.41. The molecule has 0 unspecified atom stereocenters. The van der Waals surface area contributed by atoms with Crippen LogP contribution in [0.4, 0.5) is 0 Å². The lowest BCUT2D eigenvalue weighted by atomic mass is 10.1. The number of unbranched alkanes of at least 4 members (excludes halogenated alkanes) is 1. The molecule has 1 aromatic heterocycles. The minimum Gasteiger partial charge on any atom is -0.493 e. The van der Waals surface area contributed by atoms with Gasteiger partial charge in [-0.15, -0.1) is 0 Å². The number of aromatic nitrogens is 2. The second-order valence-corrected chi connectivity index (χ2v) is 6.97. The minimum atomic E-state index is 0.0721. The van der Waals surface area contributed by atoms with Crippen LogP contribution in [0.5, 0.6) is 5.75 Å². The molecule has 0 radical (unpaired) electrons. The van der Waals surface area contributed by atoms with Crippen LogP contribution in [0.15, 0.2) is 60.9 Å². The van der Waals surface area contributed by atoms with Crippen LogP contribution in [0.25, 0.3) is 5.69 Å². The summed E-state index contributed by atoms with van der Waals surface area (Å²) in [7, 11) is 0. The Morgan fingerprint density at radius 3 is 2.68 bits per heavy atom. The van der Waals surface area contributed by atoms with Crippen LogP contribution in [-0.2, 0) is 11.3 Å². The first-order valence-corrected chi connectivity index (χ1v) is 9.67. The summed E-state index contributed by atoms with van der Waals surface area (Å²) in [6.07, 6.45) is 5.85. The van der Waals surface area contributed by atoms with Gasteiger partial charge >= 0.3 is 0 Å². The Hall–Kier alpha value is -3.08. The van der Waals surface area contributed by atoms with Crippen LogP contribution < -0.4 is 10.1 Å². The third-order valence-corrected chi connectivity index (χ3v) is 4.59. The van der Waals surface area contributed by atoms with Crippen molar-refractivity contribution in [1.82, 2.24) is 15.1 Å². The van der Waals surface area contributed by atoms with Gasteiger partial charge in [0.15, 0.2) is 0 Å². The van der Waals surface area contributed by atoms with Crippen molar-refractivity contribution in [3.05, 3.63) is 77.6 Å². The molecule has 146 valence electrons. The van der Waals surface area contributed by atoms with Gasteiger partial charge in [-0.1, -0.05) is 24.3 Å². The third kappa shape index (κ3) is 5.71. The highest BCUT2D eigenvalue weighted by atomic mass is 16.5. The predicted molar refractivity (Wildman–Crippen MR) is 111 cm³/mol. The summed E-state index contributed by atoms with van der Waals surface area (Å²) in [6.45, 7) is 5.27. The van der Waals surface area contributed by atoms with Crippen molar-refractivity contribution in [1.29, 1.82) is 0 Å². The Bertz CT molecular complexity index is 887. The standard InChI is InChI=1S/C23H27N3O2/c1-18-7-8-19(2)22(16-18)28-15-4-3-6-23(27)24-17-20-9-11-21(12-10-20)26-14-5-13-25-26/h5,7-14,16H,3-4,6,15,17H2,1-2H3,(H,24,27). The van der Waals surface area contributed by atoms with Crippen LogP contribution in [0.3, 0.4) is 0 Å². The number of ether oxygens (including phenoxy) is 1. The van der Waals surface area contributed by atoms with E-state index in [1.807, 2.05) is 48.1 Å². The zero-order valence-corrected chi connectivity index (χ0v) is 16.5. The van der Waals surface area contributed by atoms with Gasteiger partial charge in [-0.05, 0) is 67.6 Å². The second kappa shape index (κ2) is 9.74. The number of nitrogens with one attached hydrogen (secondary N) is 1. The van der Waals surface area contributed by atoms with E-state index in [2.05, 4.69) is 35.5 Å². The average molecular weight is 377 g/mol. The van der Waals surface area contributed by atoms with E-state index < -0.39 is 0 Å². The molecule has 0 fully saturated rings. The van der Waals surface area contributed by atoms with Crippen LogP contribution in [0.1, 0.15) is 36.0 Å². The summed E-state index contributed by atoms with van der Waals surface area (Å²) >= 11 is 0. The van der Waals surface area contributed by atoms with Crippen molar-refractivity contribution in [2.45, 2.75) is 39.7 Å². The van der Waals surface area contributed by atoms with Gasteiger partial charge in [-0.25, -0.2) is 4.68 Å². The molecule has 2 aromatic carbocycles. The van der Waals surface area contributed by atoms with Crippen LogP contribution >= 0.6 is 0 Å². The Kier molecular flexibility index (Phi) is 6.84. The second-order valence-electron chi connectivity index (χ2n) is 6.97. The summed E-state index contributed by atoms with van der Waals surface area (Å²) in [4.78, 5) is 12.0. The quantitative estimate of drug-likeness (QED) is 0.564. The number of rotatable bonds is 9. The molecule has 28 heavy (non-hydrogen) atoms. The van der Waals surface area contributed by atoms with Crippen LogP contribution in [0, 0.1) is 13.8 Å². The molecule has 0 aliphatic heterocycles. The number of carbonyl (C=O) groups excluding carboxylic acids is 1. The fourth-order valence-electron chi connectivity index (χ4n) is 2.91. The van der Waals surface area contributed by atoms with E-state index in [9.17, 15) is 4.79 Å². The third-order valence-electron chi connectivity index (χ3n) is 4.59. The molecule has 5 heteroatoms. The fourth-order valence-corrected chi connectivity index (χ4v) is 2.91. The summed E-state index contributed by atoms with van der Waals surface area (Å²) in [6, 6.07) is 16.1. The molecule has 1 N–H and O–H groups in total. The molecule has 0 atom stereocenters. The molecule has 0 aliphatic carbocycles. The smallest absolute Gasteiger partial charge is 0.220 e. The molecule has 3 aromatic rings. The zero-order valence-electron chi connectivity index (χ0n) is 16.5. The van der Waals surface area contributed by atoms with E-state index in [0.717, 1.165) is 35.4 Å². The maximum atomic E-state index is 12.0. The van der Waals surface area contributed by atoms with Gasteiger partial charge in [0, 0.05) is 25.4 Å². The molecule has 1 heterocycles. The molecule has 0 saturated heterocycles. The van der Waals surface area contributed by atoms with Gasteiger partial charge in [-0.3, -0.25) is 4.79 Å². The van der Waals surface area contributed by atoms with Crippen molar-refractivity contribution < 1.29 is 9.53 Å². The number of aryl methyl sites for hydroxylation is 2. The number of hydrogen-bond donors (Lipinski definition) is 1. The Morgan fingerprint density at radius 1 is 1.11 bits per heavy atom. The highest BCUT2D eigenvalue weighted by molar-refractivity contribution is 5.75. The van der Waals surface area contributed by atoms with E-state index in [1.54, 1.807) is 6.20 Å². The predicted octanol–water partition coefficient (Wildman–Crippen LogP) is 4.35. The van der Waals surface area contributed by atoms with E-state index in [0.29, 0.717) is 19.6 Å². The Morgan fingerprint density at radius 2 is 1.93 bits per heavy atom. The van der Waals surface area contributed by atoms with Crippen molar-refractivity contribution in [2.24, 2.45) is 0 Å². The summed E-state index contributed by atoms with van der Waals surface area (Å²) in [5.74, 6) is 1.01. The van der Waals surface area contributed by atoms with E-state index in [1.165, 1.54) is 5.56 Å². The van der Waals surface area contributed by atoms with Crippen molar-refractivity contribution in [3.8, 4) is 11.4 Å². The minimum absolute atomic E-state index is 0.0721. The topological polar surface area (TPSA) is 56.1 Å². The SMILES string of the molecule is Cc1ccc(C)c(OCCCCC(=O)NCc2ccc(-n3cccn3)cc2)c1. The van der Waals surface area contributed by atoms with Gasteiger partial charge < -0.3 is 10.1 Å². The molecule has 0 saturated carbocycles. The molecule has 5 nitrogen and oxygen atoms in total. The highest BCUT2D eigenvalue weighted by Gasteiger charge is 2.04. The molecule has 0 bridgehead atoms. The molecule has 1 amide bonds. The van der Waals surface area contributed by atoms with Crippen molar-refractivity contribution in [2.75, 3.05) is 6.61 Å². The lowest BCUT2D eigenvalue weighted by Gasteiger charge is -2.10. The van der Waals surface area contributed by atoms with Crippen LogP contribution in [-0.4, -0.2) is 22.3 Å². The van der Waals surface area contributed by atoms with E-state index in [4.69, 9.17) is 4.74 Å². The maximum absolute atomic E-state index is 12.0. The number of hydrogen-bond acceptors (Lipinski definition) is 3. The average Bonchev–Trinajstić information content (AvgIpc) is 3.24. The van der Waals surface area contributed by atoms with Gasteiger partial charge in [-0.2, -0.15) is 5.10 Å². The lowest BCUT2D eigenvalue weighted by molar-refractivity contribution is -0.121. The van der Waals surface area contributed by atoms with Gasteiger partial charge in [0.2, 0.25) is 5.91 Å². The highest BCUT2D eigenvalue weighted by Crippen LogP contribution is 2.19. The first-order valence-electron chi connectivity index (χ1n) is 9.67. The summed E-state index contributed by atoms with van der Waals surface area (Å²) in [5, 5.41) is 7.18. The zero-order chi connectivity index (χ0) is 19.8. The molecule has 3 rings (SSSR count). The van der Waals surface area contributed by atoms with E-state index >= 15 is 0 Å². The first-order chi connectivity index (χ1) is 13.6. The Balaban J connectivity index is 1.33. The van der Waals surface area contributed by atoms with Gasteiger partial charge in [0.25, 0.3) is 0 Å².